The maximum atomic E-state index is 4.74. The van der Waals surface area contributed by atoms with Crippen molar-refractivity contribution in [2.24, 2.45) is 0 Å². The third-order valence-electron chi connectivity index (χ3n) is 0.970. The van der Waals surface area contributed by atoms with Gasteiger partial charge in [-0.25, -0.2) is 0 Å². The minimum absolute atomic E-state index is 0.899. The van der Waals surface area contributed by atoms with E-state index >= 15 is 0 Å². The Kier molecular flexibility index (Phi) is 1.57. The highest BCUT2D eigenvalue weighted by Crippen LogP contribution is 2.02. The van der Waals surface area contributed by atoms with E-state index in [-0.39, 0.29) is 0 Å². The van der Waals surface area contributed by atoms with E-state index in [4.69, 9.17) is 4.74 Å². The van der Waals surface area contributed by atoms with Crippen LogP contribution in [0.3, 0.4) is 0 Å². The van der Waals surface area contributed by atoms with Crippen molar-refractivity contribution in [2.75, 3.05) is 7.05 Å². The van der Waals surface area contributed by atoms with Gasteiger partial charge in [-0.05, 0) is 6.08 Å². The first-order valence-corrected chi connectivity index (χ1v) is 2.53. The van der Waals surface area contributed by atoms with Crippen molar-refractivity contribution in [2.45, 2.75) is 6.42 Å². The molecule has 0 atom stereocenters. The van der Waals surface area contributed by atoms with Gasteiger partial charge < -0.3 is 10.1 Å². The smallest absolute Gasteiger partial charge is 0.189 e. The molecule has 0 saturated heterocycles. The summed E-state index contributed by atoms with van der Waals surface area (Å²) in [5.74, 6) is 0. The van der Waals surface area contributed by atoms with Gasteiger partial charge in [-0.2, -0.15) is 0 Å². The topological polar surface area (TPSA) is 21.3 Å². The fourth-order valence-electron chi connectivity index (χ4n) is 0.514. The van der Waals surface area contributed by atoms with Gasteiger partial charge in [0.25, 0.3) is 0 Å². The number of ether oxygens (including phenoxy) is 1. The summed E-state index contributed by atoms with van der Waals surface area (Å²) < 4.78 is 4.74. The molecule has 0 spiro atoms. The van der Waals surface area contributed by atoms with E-state index in [9.17, 15) is 0 Å². The highest BCUT2D eigenvalue weighted by molar-refractivity contribution is 5.01. The zero-order valence-electron chi connectivity index (χ0n) is 4.77. The molecule has 1 rings (SSSR count). The second kappa shape index (κ2) is 2.40. The van der Waals surface area contributed by atoms with Gasteiger partial charge in [0.05, 0.1) is 12.0 Å². The first-order valence-electron chi connectivity index (χ1n) is 2.53. The molecule has 0 amide bonds. The molecule has 2 nitrogen and oxygen atoms in total. The fourth-order valence-corrected chi connectivity index (χ4v) is 0.514. The fraction of sp³-hybridized carbons (Fsp3) is 0.333. The molecule has 1 aliphatic heterocycles. The van der Waals surface area contributed by atoms with Crippen LogP contribution in [-0.4, -0.2) is 7.05 Å². The molecule has 0 bridgehead atoms. The van der Waals surface area contributed by atoms with Crippen LogP contribution in [-0.2, 0) is 4.74 Å². The molecule has 0 aromatic heterocycles. The number of nitrogens with one attached hydrogen (secondary N) is 1. The SMILES string of the molecule is CNC1=[C]OC=CC1. The number of allylic oxidation sites excluding steroid dienone is 1. The molecule has 0 unspecified atom stereocenters. The van der Waals surface area contributed by atoms with Crippen LogP contribution in [0, 0.1) is 6.26 Å². The third-order valence-corrected chi connectivity index (χ3v) is 0.970. The zero-order valence-corrected chi connectivity index (χ0v) is 4.77. The van der Waals surface area contributed by atoms with Crippen LogP contribution in [0.5, 0.6) is 0 Å². The van der Waals surface area contributed by atoms with Crippen molar-refractivity contribution >= 4 is 0 Å². The summed E-state index contributed by atoms with van der Waals surface area (Å²) in [6.45, 7) is 0. The normalized spacial score (nSPS) is 16.9. The summed E-state index contributed by atoms with van der Waals surface area (Å²) in [6, 6.07) is 0. The van der Waals surface area contributed by atoms with Gasteiger partial charge in [-0.3, -0.25) is 0 Å². The average Bonchev–Trinajstić information content (AvgIpc) is 1.90. The predicted molar refractivity (Wildman–Crippen MR) is 30.7 cm³/mol. The van der Waals surface area contributed by atoms with Crippen molar-refractivity contribution in [3.05, 3.63) is 24.3 Å². The van der Waals surface area contributed by atoms with Gasteiger partial charge in [-0.15, -0.1) is 0 Å². The molecule has 0 aliphatic carbocycles. The highest BCUT2D eigenvalue weighted by atomic mass is 16.5. The minimum atomic E-state index is 0.899. The second-order valence-corrected chi connectivity index (χ2v) is 1.52. The number of rotatable bonds is 1. The van der Waals surface area contributed by atoms with Crippen molar-refractivity contribution in [1.82, 2.24) is 5.32 Å². The predicted octanol–water partition coefficient (Wildman–Crippen LogP) is 0.784. The van der Waals surface area contributed by atoms with Gasteiger partial charge in [0.2, 0.25) is 0 Å². The van der Waals surface area contributed by atoms with E-state index in [0.717, 1.165) is 12.1 Å². The molecule has 0 aromatic carbocycles. The summed E-state index contributed by atoms with van der Waals surface area (Å²) in [6.07, 6.45) is 7.15. The Balaban J connectivity index is 2.43. The van der Waals surface area contributed by atoms with Crippen LogP contribution in [0.4, 0.5) is 0 Å². The van der Waals surface area contributed by atoms with E-state index in [1.807, 2.05) is 13.1 Å². The van der Waals surface area contributed by atoms with Crippen molar-refractivity contribution in [3.8, 4) is 0 Å². The standard InChI is InChI=1S/C6H8NO/c1-7-6-3-2-4-8-5-6/h2,4,7H,3H2,1H3. The van der Waals surface area contributed by atoms with Gasteiger partial charge in [0.15, 0.2) is 6.26 Å². The maximum Gasteiger partial charge on any atom is 0.189 e. The zero-order chi connectivity index (χ0) is 5.82. The molecule has 2 heteroatoms. The lowest BCUT2D eigenvalue weighted by Crippen LogP contribution is -2.06. The molecule has 1 radical (unpaired) electrons. The minimum Gasteiger partial charge on any atom is -0.459 e. The molecular formula is C6H8NO. The lowest BCUT2D eigenvalue weighted by atomic mass is 10.3. The van der Waals surface area contributed by atoms with Crippen LogP contribution in [0.15, 0.2) is 18.0 Å². The first-order chi connectivity index (χ1) is 3.93. The Hall–Kier alpha value is -0.920. The lowest BCUT2D eigenvalue weighted by molar-refractivity contribution is 0.355. The molecule has 0 fully saturated rings. The van der Waals surface area contributed by atoms with E-state index in [2.05, 4.69) is 11.6 Å². The molecular weight excluding hydrogens is 102 g/mol. The van der Waals surface area contributed by atoms with E-state index in [0.29, 0.717) is 0 Å². The van der Waals surface area contributed by atoms with Crippen LogP contribution in [0.1, 0.15) is 6.42 Å². The Morgan fingerprint density at radius 1 is 1.88 bits per heavy atom. The van der Waals surface area contributed by atoms with Crippen LogP contribution >= 0.6 is 0 Å². The summed E-state index contributed by atoms with van der Waals surface area (Å²) in [7, 11) is 1.85. The van der Waals surface area contributed by atoms with Crippen LogP contribution < -0.4 is 5.32 Å². The number of hydrogen-bond donors (Lipinski definition) is 1. The number of hydrogen-bond acceptors (Lipinski definition) is 2. The van der Waals surface area contributed by atoms with Crippen molar-refractivity contribution in [3.63, 3.8) is 0 Å². The average molecular weight is 110 g/mol. The molecule has 1 aliphatic rings. The second-order valence-electron chi connectivity index (χ2n) is 1.52. The Bertz CT molecular complexity index is 126. The molecule has 1 N–H and O–H groups in total. The van der Waals surface area contributed by atoms with Crippen molar-refractivity contribution in [1.29, 1.82) is 0 Å². The first kappa shape index (κ1) is 5.22. The summed E-state index contributed by atoms with van der Waals surface area (Å²) in [5, 5.41) is 2.93. The third kappa shape index (κ3) is 1.03. The quantitative estimate of drug-likeness (QED) is 0.538. The maximum absolute atomic E-state index is 4.74. The van der Waals surface area contributed by atoms with Gasteiger partial charge in [-0.1, -0.05) is 0 Å². The van der Waals surface area contributed by atoms with Gasteiger partial charge in [0.1, 0.15) is 0 Å². The lowest BCUT2D eigenvalue weighted by Gasteiger charge is -2.04. The van der Waals surface area contributed by atoms with E-state index in [1.165, 1.54) is 0 Å². The largest absolute Gasteiger partial charge is 0.459 e. The monoisotopic (exact) mass is 110 g/mol. The summed E-state index contributed by atoms with van der Waals surface area (Å²) >= 11 is 0. The summed E-state index contributed by atoms with van der Waals surface area (Å²) in [5.41, 5.74) is 0.993. The Labute approximate surface area is 48.8 Å². The van der Waals surface area contributed by atoms with Gasteiger partial charge >= 0.3 is 0 Å². The van der Waals surface area contributed by atoms with E-state index in [1.54, 1.807) is 6.26 Å². The molecule has 1 heterocycles. The molecule has 8 heavy (non-hydrogen) atoms. The van der Waals surface area contributed by atoms with Crippen LogP contribution in [0.25, 0.3) is 0 Å². The van der Waals surface area contributed by atoms with Crippen molar-refractivity contribution < 1.29 is 4.74 Å². The van der Waals surface area contributed by atoms with Gasteiger partial charge in [0, 0.05) is 13.5 Å². The molecule has 0 saturated carbocycles. The Morgan fingerprint density at radius 3 is 3.12 bits per heavy atom. The van der Waals surface area contributed by atoms with Crippen LogP contribution in [0.2, 0.25) is 0 Å². The summed E-state index contributed by atoms with van der Waals surface area (Å²) in [4.78, 5) is 0. The molecule has 43 valence electrons. The molecule has 0 aromatic rings. The van der Waals surface area contributed by atoms with E-state index < -0.39 is 0 Å². The Morgan fingerprint density at radius 2 is 2.75 bits per heavy atom. The highest BCUT2D eigenvalue weighted by Gasteiger charge is 1.94.